The van der Waals surface area contributed by atoms with Gasteiger partial charge in [0.15, 0.2) is 17.5 Å². The van der Waals surface area contributed by atoms with E-state index >= 15 is 0 Å². The van der Waals surface area contributed by atoms with Crippen molar-refractivity contribution in [3.8, 4) is 67.7 Å². The van der Waals surface area contributed by atoms with Gasteiger partial charge in [-0.1, -0.05) is 131 Å². The minimum Gasteiger partial charge on any atom is -0.256 e. The second kappa shape index (κ2) is 12.6. The number of nitrogens with zero attached hydrogens (tertiary/aromatic N) is 4. The molecule has 0 saturated heterocycles. The molecule has 0 bridgehead atoms. The molecule has 5 aromatic carbocycles. The van der Waals surface area contributed by atoms with Gasteiger partial charge in [0.1, 0.15) is 0 Å². The van der Waals surface area contributed by atoms with E-state index in [4.69, 9.17) is 15.0 Å². The van der Waals surface area contributed by atoms with Crippen LogP contribution < -0.4 is 0 Å². The van der Waals surface area contributed by atoms with Crippen molar-refractivity contribution in [3.05, 3.63) is 157 Å². The van der Waals surface area contributed by atoms with Crippen molar-refractivity contribution in [2.24, 2.45) is 0 Å². The van der Waals surface area contributed by atoms with Gasteiger partial charge < -0.3 is 0 Å². The lowest BCUT2D eigenvalue weighted by atomic mass is 9.63. The Kier molecular flexibility index (Phi) is 7.95. The average Bonchev–Trinajstić information content (AvgIpc) is 3.17. The third-order valence-corrected chi connectivity index (χ3v) is 10.3. The van der Waals surface area contributed by atoms with E-state index in [9.17, 15) is 0 Å². The van der Waals surface area contributed by atoms with Crippen molar-refractivity contribution in [1.82, 2.24) is 19.9 Å². The summed E-state index contributed by atoms with van der Waals surface area (Å²) in [7, 11) is 0. The molecule has 0 amide bonds. The molecule has 4 heteroatoms. The van der Waals surface area contributed by atoms with E-state index in [1.807, 2.05) is 24.4 Å². The summed E-state index contributed by atoms with van der Waals surface area (Å²) in [6, 6.07) is 48.8. The summed E-state index contributed by atoms with van der Waals surface area (Å²) in [5.41, 5.74) is 12.3. The topological polar surface area (TPSA) is 51.6 Å². The standard InChI is InChI=1S/C46H40N4/c1-45(2)25-26-46(3,4)40-30-36(22-24-39(40)45)43-48-42(35-19-13-18-34(28-35)41-20-11-12-27-47-41)49-44(50-43)37-23-21-33(31-14-7-5-8-15-31)29-38(37)32-16-9-6-10-17-32/h5-24,27-30H,25-26H2,1-4H3. The number of aromatic nitrogens is 4. The van der Waals surface area contributed by atoms with Gasteiger partial charge in [-0.05, 0) is 93.5 Å². The number of hydrogen-bond donors (Lipinski definition) is 0. The maximum absolute atomic E-state index is 5.27. The van der Waals surface area contributed by atoms with Gasteiger partial charge in [0.2, 0.25) is 0 Å². The number of fused-ring (bicyclic) bond motifs is 1. The zero-order valence-corrected chi connectivity index (χ0v) is 29.1. The average molecular weight is 649 g/mol. The van der Waals surface area contributed by atoms with Crippen LogP contribution in [-0.4, -0.2) is 19.9 Å². The summed E-state index contributed by atoms with van der Waals surface area (Å²) >= 11 is 0. The summed E-state index contributed by atoms with van der Waals surface area (Å²) in [6.07, 6.45) is 4.13. The number of hydrogen-bond acceptors (Lipinski definition) is 4. The molecule has 4 nitrogen and oxygen atoms in total. The van der Waals surface area contributed by atoms with Crippen molar-refractivity contribution in [2.75, 3.05) is 0 Å². The molecule has 244 valence electrons. The number of pyridine rings is 1. The monoisotopic (exact) mass is 648 g/mol. The third-order valence-electron chi connectivity index (χ3n) is 10.3. The fourth-order valence-corrected chi connectivity index (χ4v) is 7.24. The Balaban J connectivity index is 1.35. The van der Waals surface area contributed by atoms with Crippen LogP contribution in [0.4, 0.5) is 0 Å². The highest BCUT2D eigenvalue weighted by molar-refractivity contribution is 5.86. The molecule has 1 aliphatic carbocycles. The molecule has 0 atom stereocenters. The molecule has 0 aliphatic heterocycles. The predicted molar refractivity (Wildman–Crippen MR) is 206 cm³/mol. The second-order valence-corrected chi connectivity index (χ2v) is 14.6. The van der Waals surface area contributed by atoms with Crippen LogP contribution in [0.2, 0.25) is 0 Å². The molecule has 0 N–H and O–H groups in total. The molecular weight excluding hydrogens is 609 g/mol. The van der Waals surface area contributed by atoms with Crippen LogP contribution in [0.5, 0.6) is 0 Å². The summed E-state index contributed by atoms with van der Waals surface area (Å²) in [5.74, 6) is 1.94. The van der Waals surface area contributed by atoms with E-state index in [0.717, 1.165) is 51.1 Å². The Bertz CT molecular complexity index is 2310. The Hall–Kier alpha value is -5.74. The van der Waals surface area contributed by atoms with Crippen LogP contribution in [0.1, 0.15) is 51.7 Å². The van der Waals surface area contributed by atoms with Crippen LogP contribution in [-0.2, 0) is 10.8 Å². The molecule has 0 spiro atoms. The van der Waals surface area contributed by atoms with Gasteiger partial charge in [-0.15, -0.1) is 0 Å². The zero-order chi connectivity index (χ0) is 34.3. The van der Waals surface area contributed by atoms with E-state index in [0.29, 0.717) is 17.5 Å². The largest absolute Gasteiger partial charge is 0.256 e. The molecule has 50 heavy (non-hydrogen) atoms. The number of rotatable bonds is 6. The Morgan fingerprint density at radius 2 is 0.980 bits per heavy atom. The Morgan fingerprint density at radius 3 is 1.68 bits per heavy atom. The second-order valence-electron chi connectivity index (χ2n) is 14.6. The van der Waals surface area contributed by atoms with Crippen LogP contribution in [0.15, 0.2) is 146 Å². The Morgan fingerprint density at radius 1 is 0.400 bits per heavy atom. The van der Waals surface area contributed by atoms with Gasteiger partial charge in [0.05, 0.1) is 5.69 Å². The molecule has 2 aromatic heterocycles. The maximum Gasteiger partial charge on any atom is 0.164 e. The highest BCUT2D eigenvalue weighted by Crippen LogP contribution is 2.47. The summed E-state index contributed by atoms with van der Waals surface area (Å²) in [5, 5.41) is 0. The normalized spacial score (nSPS) is 14.6. The lowest BCUT2D eigenvalue weighted by Crippen LogP contribution is -2.33. The van der Waals surface area contributed by atoms with Crippen LogP contribution in [0.25, 0.3) is 67.7 Å². The van der Waals surface area contributed by atoms with E-state index in [1.165, 1.54) is 23.1 Å². The van der Waals surface area contributed by atoms with Crippen molar-refractivity contribution in [2.45, 2.75) is 51.4 Å². The number of benzene rings is 5. The van der Waals surface area contributed by atoms with Gasteiger partial charge in [0.25, 0.3) is 0 Å². The molecule has 2 heterocycles. The molecule has 0 saturated carbocycles. The first-order valence-electron chi connectivity index (χ1n) is 17.4. The molecule has 0 fully saturated rings. The van der Waals surface area contributed by atoms with Crippen molar-refractivity contribution < 1.29 is 0 Å². The molecule has 0 radical (unpaired) electrons. The van der Waals surface area contributed by atoms with Gasteiger partial charge in [0, 0.05) is 28.5 Å². The SMILES string of the molecule is CC1(C)CCC(C)(C)c2cc(-c3nc(-c4cccc(-c5ccccn5)c4)nc(-c4ccc(-c5ccccc5)cc4-c4ccccc4)n3)ccc21. The molecular formula is C46H40N4. The highest BCUT2D eigenvalue weighted by Gasteiger charge is 2.37. The minimum absolute atomic E-state index is 0.0598. The molecule has 7 aromatic rings. The fourth-order valence-electron chi connectivity index (χ4n) is 7.24. The summed E-state index contributed by atoms with van der Waals surface area (Å²) in [4.78, 5) is 20.3. The van der Waals surface area contributed by atoms with Crippen molar-refractivity contribution in [3.63, 3.8) is 0 Å². The molecule has 1 aliphatic rings. The minimum atomic E-state index is 0.0598. The van der Waals surface area contributed by atoms with Crippen molar-refractivity contribution in [1.29, 1.82) is 0 Å². The van der Waals surface area contributed by atoms with Crippen LogP contribution >= 0.6 is 0 Å². The van der Waals surface area contributed by atoms with Crippen LogP contribution in [0.3, 0.4) is 0 Å². The van der Waals surface area contributed by atoms with Gasteiger partial charge >= 0.3 is 0 Å². The molecule has 0 unspecified atom stereocenters. The van der Waals surface area contributed by atoms with Gasteiger partial charge in [-0.3, -0.25) is 4.98 Å². The van der Waals surface area contributed by atoms with E-state index in [1.54, 1.807) is 0 Å². The lowest BCUT2D eigenvalue weighted by Gasteiger charge is -2.42. The fraction of sp³-hybridized carbons (Fsp3) is 0.174. The quantitative estimate of drug-likeness (QED) is 0.180. The Labute approximate surface area is 295 Å². The van der Waals surface area contributed by atoms with E-state index in [-0.39, 0.29) is 10.8 Å². The van der Waals surface area contributed by atoms with E-state index < -0.39 is 0 Å². The van der Waals surface area contributed by atoms with Crippen LogP contribution in [0, 0.1) is 0 Å². The van der Waals surface area contributed by atoms with Gasteiger partial charge in [-0.2, -0.15) is 0 Å². The first-order chi connectivity index (χ1) is 24.2. The highest BCUT2D eigenvalue weighted by atomic mass is 15.0. The zero-order valence-electron chi connectivity index (χ0n) is 29.1. The van der Waals surface area contributed by atoms with Gasteiger partial charge in [-0.25, -0.2) is 15.0 Å². The summed E-state index contributed by atoms with van der Waals surface area (Å²) < 4.78 is 0. The summed E-state index contributed by atoms with van der Waals surface area (Å²) in [6.45, 7) is 9.44. The smallest absolute Gasteiger partial charge is 0.164 e. The predicted octanol–water partition coefficient (Wildman–Crippen LogP) is 11.6. The third kappa shape index (κ3) is 6.03. The lowest BCUT2D eigenvalue weighted by molar-refractivity contribution is 0.332. The maximum atomic E-state index is 5.27. The van der Waals surface area contributed by atoms with Crippen molar-refractivity contribution >= 4 is 0 Å². The first kappa shape index (κ1) is 31.5. The molecule has 8 rings (SSSR count). The van der Waals surface area contributed by atoms with E-state index in [2.05, 4.69) is 154 Å². The first-order valence-corrected chi connectivity index (χ1v) is 17.4.